The van der Waals surface area contributed by atoms with Crippen LogP contribution in [0.2, 0.25) is 5.02 Å². The summed E-state index contributed by atoms with van der Waals surface area (Å²) in [7, 11) is -1.31. The molecule has 1 aliphatic heterocycles. The molecular formula is C24H33ClN5O3S+. The minimum Gasteiger partial charge on any atom is -0.302 e. The minimum atomic E-state index is -4.16. The number of likely N-dealkylation sites (N-methyl/N-ethyl adjacent to an activating group) is 1. The first kappa shape index (κ1) is 26.3. The number of urea groups is 1. The van der Waals surface area contributed by atoms with Crippen molar-refractivity contribution in [2.24, 2.45) is 5.10 Å². The van der Waals surface area contributed by atoms with Gasteiger partial charge in [0, 0.05) is 41.8 Å². The minimum absolute atomic E-state index is 0.0421. The van der Waals surface area contributed by atoms with E-state index in [9.17, 15) is 13.2 Å². The maximum absolute atomic E-state index is 13.6. The fraction of sp³-hybridized carbons (Fsp3) is 0.417. The summed E-state index contributed by atoms with van der Waals surface area (Å²) in [5.41, 5.74) is 2.15. The Hall–Kier alpha value is -2.30. The molecule has 0 aliphatic carbocycles. The lowest BCUT2D eigenvalue weighted by Gasteiger charge is -2.28. The average molecular weight is 507 g/mol. The number of rotatable bonds is 9. The first-order valence-corrected chi connectivity index (χ1v) is 13.2. The summed E-state index contributed by atoms with van der Waals surface area (Å²) >= 11 is 6.08. The van der Waals surface area contributed by atoms with Crippen molar-refractivity contribution >= 4 is 33.6 Å². The number of amides is 2. The quantitative estimate of drug-likeness (QED) is 0.527. The molecule has 0 bridgehead atoms. The predicted molar refractivity (Wildman–Crippen MR) is 136 cm³/mol. The standard InChI is InChI=1S/C24H32ClN5O3S/c1-5-29(6-2)17-16-26-24(31)30(34(32,33)28(3)4)18-22(19-10-8-7-9-11-19)23(27-30)20-12-14-21(25)15-13-20/h7-15,22H,5-6,16-18H2,1-4H3/p+1. The molecule has 2 atom stereocenters. The van der Waals surface area contributed by atoms with E-state index in [4.69, 9.17) is 11.6 Å². The molecule has 0 fully saturated rings. The number of hydrogen-bond donors (Lipinski definition) is 1. The average Bonchev–Trinajstić information content (AvgIpc) is 3.25. The van der Waals surface area contributed by atoms with Crippen LogP contribution in [0.1, 0.15) is 30.9 Å². The molecule has 0 saturated heterocycles. The number of nitrogens with one attached hydrogen (secondary N) is 1. The van der Waals surface area contributed by atoms with Gasteiger partial charge in [0.25, 0.3) is 0 Å². The Kier molecular flexibility index (Phi) is 8.48. The Morgan fingerprint density at radius 1 is 1.09 bits per heavy atom. The monoisotopic (exact) mass is 506 g/mol. The Balaban J connectivity index is 2.09. The summed E-state index contributed by atoms with van der Waals surface area (Å²) in [5.74, 6) is -0.398. The second-order valence-electron chi connectivity index (χ2n) is 8.36. The van der Waals surface area contributed by atoms with Gasteiger partial charge in [-0.2, -0.15) is 12.7 Å². The Labute approximate surface area is 207 Å². The van der Waals surface area contributed by atoms with Crippen LogP contribution in [-0.2, 0) is 10.2 Å². The summed E-state index contributed by atoms with van der Waals surface area (Å²) in [6.45, 7) is 6.68. The van der Waals surface area contributed by atoms with Crippen LogP contribution in [0.15, 0.2) is 59.7 Å². The maximum atomic E-state index is 13.6. The smallest absolute Gasteiger partial charge is 0.302 e. The topological polar surface area (TPSA) is 82.1 Å². The molecule has 0 aromatic heterocycles. The van der Waals surface area contributed by atoms with E-state index in [-0.39, 0.29) is 6.54 Å². The molecule has 0 saturated carbocycles. The van der Waals surface area contributed by atoms with E-state index in [2.05, 4.69) is 15.3 Å². The summed E-state index contributed by atoms with van der Waals surface area (Å²) < 4.78 is 27.2. The van der Waals surface area contributed by atoms with Gasteiger partial charge in [0.2, 0.25) is 0 Å². The Morgan fingerprint density at radius 2 is 1.71 bits per heavy atom. The van der Waals surface area contributed by atoms with Crippen molar-refractivity contribution in [1.29, 1.82) is 0 Å². The van der Waals surface area contributed by atoms with Crippen LogP contribution in [0.25, 0.3) is 0 Å². The number of hydrogen-bond acceptors (Lipinski definition) is 5. The van der Waals surface area contributed by atoms with Gasteiger partial charge in [-0.15, -0.1) is 0 Å². The predicted octanol–water partition coefficient (Wildman–Crippen LogP) is 3.52. The van der Waals surface area contributed by atoms with Crippen LogP contribution >= 0.6 is 11.6 Å². The van der Waals surface area contributed by atoms with E-state index in [1.54, 1.807) is 24.3 Å². The number of benzene rings is 2. The molecule has 1 N–H and O–H groups in total. The van der Waals surface area contributed by atoms with Gasteiger partial charge in [-0.25, -0.2) is 4.79 Å². The van der Waals surface area contributed by atoms with E-state index < -0.39 is 26.2 Å². The van der Waals surface area contributed by atoms with Crippen molar-refractivity contribution in [2.75, 3.05) is 46.8 Å². The molecule has 0 radical (unpaired) electrons. The molecule has 2 amide bonds. The van der Waals surface area contributed by atoms with E-state index in [1.165, 1.54) is 14.1 Å². The Morgan fingerprint density at radius 3 is 2.26 bits per heavy atom. The molecule has 10 heteroatoms. The van der Waals surface area contributed by atoms with Crippen molar-refractivity contribution in [2.45, 2.75) is 19.8 Å². The summed E-state index contributed by atoms with van der Waals surface area (Å²) in [6.07, 6.45) is 0. The zero-order valence-corrected chi connectivity index (χ0v) is 21.7. The highest BCUT2D eigenvalue weighted by atomic mass is 35.5. The molecule has 1 heterocycles. The van der Waals surface area contributed by atoms with Crippen molar-refractivity contribution in [3.05, 3.63) is 70.7 Å². The molecule has 184 valence electrons. The van der Waals surface area contributed by atoms with Gasteiger partial charge in [-0.1, -0.05) is 73.0 Å². The van der Waals surface area contributed by atoms with E-state index in [0.717, 1.165) is 28.5 Å². The number of halogens is 1. The lowest BCUT2D eigenvalue weighted by Crippen LogP contribution is -2.60. The number of carbonyl (C=O) groups excluding carboxylic acids is 1. The molecular weight excluding hydrogens is 474 g/mol. The third kappa shape index (κ3) is 5.18. The van der Waals surface area contributed by atoms with Crippen molar-refractivity contribution in [3.8, 4) is 0 Å². The van der Waals surface area contributed by atoms with Gasteiger partial charge in [-0.05, 0) is 30.8 Å². The lowest BCUT2D eigenvalue weighted by molar-refractivity contribution is -0.725. The highest BCUT2D eigenvalue weighted by Crippen LogP contribution is 2.37. The molecule has 2 unspecified atom stereocenters. The number of nitrogens with zero attached hydrogens (tertiary/aromatic N) is 4. The second kappa shape index (κ2) is 11.0. The zero-order chi connectivity index (χ0) is 24.9. The molecule has 2 aromatic rings. The SMILES string of the molecule is CCN(CC)CCNC(=O)[N+]1(S(=O)(=O)N(C)C)CC(c2ccccc2)C(c2ccc(Cl)cc2)=N1. The fourth-order valence-corrected chi connectivity index (χ4v) is 5.55. The molecule has 2 aromatic carbocycles. The highest BCUT2D eigenvalue weighted by Gasteiger charge is 2.59. The third-order valence-electron chi connectivity index (χ3n) is 6.13. The fourth-order valence-electron chi connectivity index (χ4n) is 4.08. The molecule has 34 heavy (non-hydrogen) atoms. The lowest BCUT2D eigenvalue weighted by atomic mass is 9.91. The normalized spacial score (nSPS) is 20.6. The first-order chi connectivity index (χ1) is 16.2. The number of quaternary nitrogens is 1. The second-order valence-corrected chi connectivity index (χ2v) is 11.0. The summed E-state index contributed by atoms with van der Waals surface area (Å²) in [5, 5.41) is 8.06. The first-order valence-electron chi connectivity index (χ1n) is 11.4. The zero-order valence-electron chi connectivity index (χ0n) is 20.1. The number of carbonyl (C=O) groups is 1. The summed E-state index contributed by atoms with van der Waals surface area (Å²) in [6, 6.07) is 16.0. The van der Waals surface area contributed by atoms with Crippen molar-refractivity contribution in [1.82, 2.24) is 14.5 Å². The van der Waals surface area contributed by atoms with Gasteiger partial charge >= 0.3 is 16.2 Å². The van der Waals surface area contributed by atoms with Gasteiger partial charge in [0.1, 0.15) is 12.3 Å². The van der Waals surface area contributed by atoms with Crippen LogP contribution < -0.4 is 5.32 Å². The van der Waals surface area contributed by atoms with Crippen LogP contribution in [0.4, 0.5) is 4.79 Å². The maximum Gasteiger partial charge on any atom is 0.460 e. The van der Waals surface area contributed by atoms with Crippen molar-refractivity contribution < 1.29 is 17.2 Å². The summed E-state index contributed by atoms with van der Waals surface area (Å²) in [4.78, 5) is 15.7. The largest absolute Gasteiger partial charge is 0.460 e. The highest BCUT2D eigenvalue weighted by molar-refractivity contribution is 7.83. The molecule has 1 aliphatic rings. The van der Waals surface area contributed by atoms with E-state index >= 15 is 0 Å². The van der Waals surface area contributed by atoms with Gasteiger partial charge in [-0.3, -0.25) is 0 Å². The van der Waals surface area contributed by atoms with Crippen LogP contribution in [0, 0.1) is 0 Å². The van der Waals surface area contributed by atoms with Gasteiger partial charge in [0.05, 0.1) is 5.92 Å². The van der Waals surface area contributed by atoms with Crippen molar-refractivity contribution in [3.63, 3.8) is 0 Å². The Bertz CT molecular complexity index is 1120. The molecule has 3 rings (SSSR count). The van der Waals surface area contributed by atoms with E-state index in [1.807, 2.05) is 44.2 Å². The van der Waals surface area contributed by atoms with Gasteiger partial charge < -0.3 is 10.2 Å². The molecule has 0 spiro atoms. The van der Waals surface area contributed by atoms with Crippen LogP contribution in [0.5, 0.6) is 0 Å². The van der Waals surface area contributed by atoms with Crippen LogP contribution in [0.3, 0.4) is 0 Å². The van der Waals surface area contributed by atoms with Gasteiger partial charge in [0.15, 0.2) is 0 Å². The molecule has 8 nitrogen and oxygen atoms in total. The van der Waals surface area contributed by atoms with Crippen LogP contribution in [-0.4, -0.2) is 80.2 Å². The third-order valence-corrected chi connectivity index (χ3v) is 8.47. The van der Waals surface area contributed by atoms with E-state index in [0.29, 0.717) is 23.8 Å².